The molecule has 0 aliphatic rings. The smallest absolute Gasteiger partial charge is 0.262 e. The summed E-state index contributed by atoms with van der Waals surface area (Å²) in [6, 6.07) is 11.7. The van der Waals surface area contributed by atoms with Gasteiger partial charge in [-0.05, 0) is 84.3 Å². The second-order valence-corrected chi connectivity index (χ2v) is 6.24. The summed E-state index contributed by atoms with van der Waals surface area (Å²) in [6.07, 6.45) is 0. The van der Waals surface area contributed by atoms with E-state index in [0.717, 1.165) is 31.7 Å². The van der Waals surface area contributed by atoms with Crippen molar-refractivity contribution < 1.29 is 9.53 Å². The molecule has 1 amide bonds. The predicted molar refractivity (Wildman–Crippen MR) is 93.9 cm³/mol. The minimum absolute atomic E-state index is 0.00964. The van der Waals surface area contributed by atoms with Gasteiger partial charge in [0, 0.05) is 9.26 Å². The van der Waals surface area contributed by atoms with Crippen molar-refractivity contribution in [1.82, 2.24) is 0 Å². The Labute approximate surface area is 138 Å². The van der Waals surface area contributed by atoms with E-state index < -0.39 is 0 Å². The second-order valence-electron chi connectivity index (χ2n) is 4.99. The van der Waals surface area contributed by atoms with E-state index in [1.165, 1.54) is 0 Å². The van der Waals surface area contributed by atoms with Crippen LogP contribution < -0.4 is 10.1 Å². The summed E-state index contributed by atoms with van der Waals surface area (Å²) in [7, 11) is 0. The first kappa shape index (κ1) is 15.8. The number of carbonyl (C=O) groups is 1. The van der Waals surface area contributed by atoms with E-state index in [1.807, 2.05) is 57.2 Å². The van der Waals surface area contributed by atoms with Crippen molar-refractivity contribution in [2.75, 3.05) is 11.9 Å². The lowest BCUT2D eigenvalue weighted by molar-refractivity contribution is -0.118. The van der Waals surface area contributed by atoms with E-state index >= 15 is 0 Å². The summed E-state index contributed by atoms with van der Waals surface area (Å²) >= 11 is 2.25. The van der Waals surface area contributed by atoms with E-state index in [0.29, 0.717) is 0 Å². The van der Waals surface area contributed by atoms with Crippen LogP contribution in [0.4, 0.5) is 5.69 Å². The molecular weight excluding hydrogens is 377 g/mol. The molecule has 2 rings (SSSR count). The van der Waals surface area contributed by atoms with Gasteiger partial charge in [-0.3, -0.25) is 4.79 Å². The van der Waals surface area contributed by atoms with Crippen molar-refractivity contribution >= 4 is 34.2 Å². The number of hydrogen-bond donors (Lipinski definition) is 1. The van der Waals surface area contributed by atoms with Crippen LogP contribution in [0.5, 0.6) is 5.75 Å². The minimum Gasteiger partial charge on any atom is -0.483 e. The molecule has 110 valence electrons. The molecule has 0 fully saturated rings. The van der Waals surface area contributed by atoms with Gasteiger partial charge in [0.15, 0.2) is 6.61 Å². The summed E-state index contributed by atoms with van der Waals surface area (Å²) in [4.78, 5) is 12.0. The Bertz CT molecular complexity index is 668. The van der Waals surface area contributed by atoms with Gasteiger partial charge in [-0.25, -0.2) is 0 Å². The van der Waals surface area contributed by atoms with Gasteiger partial charge >= 0.3 is 0 Å². The lowest BCUT2D eigenvalue weighted by Crippen LogP contribution is -2.21. The van der Waals surface area contributed by atoms with Gasteiger partial charge in [0.05, 0.1) is 0 Å². The number of carbonyl (C=O) groups excluding carboxylic acids is 1. The molecule has 0 aliphatic heterocycles. The number of ether oxygens (including phenoxy) is 1. The number of benzene rings is 2. The third-order valence-electron chi connectivity index (χ3n) is 3.38. The SMILES string of the molecule is Cc1cc(I)ccc1NC(=O)COc1cccc(C)c1C. The molecule has 4 heteroatoms. The molecule has 0 unspecified atom stereocenters. The zero-order chi connectivity index (χ0) is 15.4. The Balaban J connectivity index is 1.97. The molecule has 0 heterocycles. The monoisotopic (exact) mass is 395 g/mol. The van der Waals surface area contributed by atoms with Gasteiger partial charge in [-0.2, -0.15) is 0 Å². The van der Waals surface area contributed by atoms with Crippen LogP contribution in [-0.2, 0) is 4.79 Å². The molecule has 0 aliphatic carbocycles. The van der Waals surface area contributed by atoms with Crippen molar-refractivity contribution in [3.05, 3.63) is 56.7 Å². The molecular formula is C17H18INO2. The average Bonchev–Trinajstić information content (AvgIpc) is 2.43. The van der Waals surface area contributed by atoms with Crippen molar-refractivity contribution in [2.24, 2.45) is 0 Å². The molecule has 0 radical (unpaired) electrons. The molecule has 3 nitrogen and oxygen atoms in total. The van der Waals surface area contributed by atoms with E-state index in [-0.39, 0.29) is 12.5 Å². The summed E-state index contributed by atoms with van der Waals surface area (Å²) in [5.41, 5.74) is 4.09. The van der Waals surface area contributed by atoms with Gasteiger partial charge in [-0.1, -0.05) is 12.1 Å². The standard InChI is InChI=1S/C17H18INO2/c1-11-5-4-6-16(13(11)3)21-10-17(20)19-15-8-7-14(18)9-12(15)2/h4-9H,10H2,1-3H3,(H,19,20). The molecule has 1 N–H and O–H groups in total. The molecule has 21 heavy (non-hydrogen) atoms. The summed E-state index contributed by atoms with van der Waals surface area (Å²) in [5, 5.41) is 2.87. The number of halogens is 1. The van der Waals surface area contributed by atoms with Crippen molar-refractivity contribution in [2.45, 2.75) is 20.8 Å². The van der Waals surface area contributed by atoms with Crippen molar-refractivity contribution in [3.8, 4) is 5.75 Å². The molecule has 2 aromatic rings. The van der Waals surface area contributed by atoms with Crippen molar-refractivity contribution in [3.63, 3.8) is 0 Å². The van der Waals surface area contributed by atoms with Crippen LogP contribution in [0.15, 0.2) is 36.4 Å². The lowest BCUT2D eigenvalue weighted by atomic mass is 10.1. The van der Waals surface area contributed by atoms with Crippen LogP contribution >= 0.6 is 22.6 Å². The number of nitrogens with one attached hydrogen (secondary N) is 1. The fraction of sp³-hybridized carbons (Fsp3) is 0.235. The highest BCUT2D eigenvalue weighted by atomic mass is 127. The highest BCUT2D eigenvalue weighted by Crippen LogP contribution is 2.21. The Kier molecular flexibility index (Phi) is 5.22. The fourth-order valence-corrected chi connectivity index (χ4v) is 2.62. The molecule has 0 bridgehead atoms. The van der Waals surface area contributed by atoms with Gasteiger partial charge in [0.25, 0.3) is 5.91 Å². The van der Waals surface area contributed by atoms with E-state index in [4.69, 9.17) is 4.74 Å². The maximum Gasteiger partial charge on any atom is 0.262 e. The molecule has 0 saturated carbocycles. The molecule has 2 aromatic carbocycles. The maximum atomic E-state index is 12.0. The zero-order valence-electron chi connectivity index (χ0n) is 12.4. The normalized spacial score (nSPS) is 10.3. The summed E-state index contributed by atoms with van der Waals surface area (Å²) in [5.74, 6) is 0.602. The third kappa shape index (κ3) is 4.20. The first-order valence-electron chi connectivity index (χ1n) is 6.72. The number of amides is 1. The third-order valence-corrected chi connectivity index (χ3v) is 4.05. The Hall–Kier alpha value is -1.56. The zero-order valence-corrected chi connectivity index (χ0v) is 14.5. The van der Waals surface area contributed by atoms with Crippen LogP contribution in [0.1, 0.15) is 16.7 Å². The van der Waals surface area contributed by atoms with Crippen molar-refractivity contribution in [1.29, 1.82) is 0 Å². The Morgan fingerprint density at radius 1 is 1.14 bits per heavy atom. The highest BCUT2D eigenvalue weighted by molar-refractivity contribution is 14.1. The number of rotatable bonds is 4. The van der Waals surface area contributed by atoms with Gasteiger partial charge < -0.3 is 10.1 Å². The minimum atomic E-state index is -0.153. The molecule has 0 aromatic heterocycles. The van der Waals surface area contributed by atoms with Crippen LogP contribution in [0, 0.1) is 24.3 Å². The predicted octanol–water partition coefficient (Wildman–Crippen LogP) is 4.23. The Morgan fingerprint density at radius 3 is 2.62 bits per heavy atom. The largest absolute Gasteiger partial charge is 0.483 e. The topological polar surface area (TPSA) is 38.3 Å². The summed E-state index contributed by atoms with van der Waals surface area (Å²) < 4.78 is 6.75. The quantitative estimate of drug-likeness (QED) is 0.787. The fourth-order valence-electron chi connectivity index (χ4n) is 1.98. The van der Waals surface area contributed by atoms with Crippen LogP contribution in [0.2, 0.25) is 0 Å². The number of anilines is 1. The second kappa shape index (κ2) is 6.93. The summed E-state index contributed by atoms with van der Waals surface area (Å²) in [6.45, 7) is 6.00. The van der Waals surface area contributed by atoms with Crippen LogP contribution in [0.3, 0.4) is 0 Å². The van der Waals surface area contributed by atoms with E-state index in [9.17, 15) is 4.79 Å². The van der Waals surface area contributed by atoms with Gasteiger partial charge in [0.2, 0.25) is 0 Å². The molecule has 0 atom stereocenters. The Morgan fingerprint density at radius 2 is 1.90 bits per heavy atom. The van der Waals surface area contributed by atoms with Gasteiger partial charge in [0.1, 0.15) is 5.75 Å². The highest BCUT2D eigenvalue weighted by Gasteiger charge is 2.08. The lowest BCUT2D eigenvalue weighted by Gasteiger charge is -2.12. The van der Waals surface area contributed by atoms with Gasteiger partial charge in [-0.15, -0.1) is 0 Å². The number of hydrogen-bond acceptors (Lipinski definition) is 2. The van der Waals surface area contributed by atoms with E-state index in [1.54, 1.807) is 0 Å². The average molecular weight is 395 g/mol. The van der Waals surface area contributed by atoms with Crippen LogP contribution in [0.25, 0.3) is 0 Å². The first-order chi connectivity index (χ1) is 9.97. The maximum absolute atomic E-state index is 12.0. The molecule has 0 spiro atoms. The first-order valence-corrected chi connectivity index (χ1v) is 7.80. The van der Waals surface area contributed by atoms with Crippen LogP contribution in [-0.4, -0.2) is 12.5 Å². The number of aryl methyl sites for hydroxylation is 2. The molecule has 0 saturated heterocycles. The van der Waals surface area contributed by atoms with E-state index in [2.05, 4.69) is 27.9 Å².